The van der Waals surface area contributed by atoms with Gasteiger partial charge < -0.3 is 14.9 Å². The number of benzene rings is 2. The molecular formula is C22H24Cl2F3N3OS. The zero-order valence-electron chi connectivity index (χ0n) is 17.4. The van der Waals surface area contributed by atoms with Crippen molar-refractivity contribution in [2.45, 2.75) is 36.9 Å². The Morgan fingerprint density at radius 1 is 1.22 bits per heavy atom. The molecule has 0 spiro atoms. The van der Waals surface area contributed by atoms with Crippen LogP contribution in [0.2, 0.25) is 10.0 Å². The standard InChI is InChI=1S/C22H24Cl2F3N3OS/c1-14-15(12-28)3-2-10-29(14)21(31)13-30(32-18-7-5-17(23)6-8-18)20-11-16(22(25,26)27)4-9-19(20)24/h4-9,11,14-15H,2-3,10,12-13,28H2,1H3. The molecule has 174 valence electrons. The number of piperidine rings is 1. The van der Waals surface area contributed by atoms with Crippen molar-refractivity contribution in [2.24, 2.45) is 11.7 Å². The minimum atomic E-state index is -4.53. The molecule has 2 atom stereocenters. The molecule has 1 fully saturated rings. The summed E-state index contributed by atoms with van der Waals surface area (Å²) in [4.78, 5) is 15.7. The Labute approximate surface area is 200 Å². The lowest BCUT2D eigenvalue weighted by molar-refractivity contribution is -0.137. The summed E-state index contributed by atoms with van der Waals surface area (Å²) in [6.07, 6.45) is -2.74. The summed E-state index contributed by atoms with van der Waals surface area (Å²) >= 11 is 13.4. The number of anilines is 1. The Kier molecular flexibility index (Phi) is 8.25. The van der Waals surface area contributed by atoms with E-state index in [2.05, 4.69) is 0 Å². The van der Waals surface area contributed by atoms with Crippen LogP contribution >= 0.6 is 35.1 Å². The lowest BCUT2D eigenvalue weighted by atomic mass is 9.90. The number of alkyl halides is 3. The molecule has 0 saturated carbocycles. The molecule has 0 aliphatic carbocycles. The number of amides is 1. The van der Waals surface area contributed by atoms with Gasteiger partial charge in [0, 0.05) is 22.5 Å². The monoisotopic (exact) mass is 505 g/mol. The fourth-order valence-corrected chi connectivity index (χ4v) is 5.11. The van der Waals surface area contributed by atoms with Crippen LogP contribution in [0, 0.1) is 5.92 Å². The summed E-state index contributed by atoms with van der Waals surface area (Å²) in [5.41, 5.74) is 5.14. The number of carbonyl (C=O) groups excluding carboxylic acids is 1. The first kappa shape index (κ1) is 25.0. The van der Waals surface area contributed by atoms with Gasteiger partial charge in [0.25, 0.3) is 0 Å². The Bertz CT molecular complexity index is 943. The third-order valence-electron chi connectivity index (χ3n) is 5.62. The highest BCUT2D eigenvalue weighted by Gasteiger charge is 2.34. The Hall–Kier alpha value is -1.61. The van der Waals surface area contributed by atoms with E-state index in [4.69, 9.17) is 28.9 Å². The summed E-state index contributed by atoms with van der Waals surface area (Å²) in [5.74, 6) is 0.00723. The Morgan fingerprint density at radius 2 is 1.91 bits per heavy atom. The molecular weight excluding hydrogens is 482 g/mol. The minimum absolute atomic E-state index is 0.0411. The molecule has 32 heavy (non-hydrogen) atoms. The molecule has 1 amide bonds. The van der Waals surface area contributed by atoms with Gasteiger partial charge in [0.2, 0.25) is 5.91 Å². The predicted molar refractivity (Wildman–Crippen MR) is 124 cm³/mol. The fourth-order valence-electron chi connectivity index (χ4n) is 3.77. The van der Waals surface area contributed by atoms with Gasteiger partial charge in [-0.05, 0) is 86.6 Å². The number of likely N-dealkylation sites (tertiary alicyclic amines) is 1. The first-order chi connectivity index (χ1) is 15.1. The van der Waals surface area contributed by atoms with Gasteiger partial charge >= 0.3 is 6.18 Å². The maximum absolute atomic E-state index is 13.4. The third kappa shape index (κ3) is 6.04. The number of nitrogens with zero attached hydrogens (tertiary/aromatic N) is 2. The Balaban J connectivity index is 1.92. The van der Waals surface area contributed by atoms with Crippen LogP contribution in [0.4, 0.5) is 18.9 Å². The second-order valence-corrected chi connectivity index (χ2v) is 9.65. The lowest BCUT2D eigenvalue weighted by Gasteiger charge is -2.40. The molecule has 1 saturated heterocycles. The smallest absolute Gasteiger partial charge is 0.338 e. The average molecular weight is 506 g/mol. The highest BCUT2D eigenvalue weighted by molar-refractivity contribution is 8.00. The number of halogens is 5. The van der Waals surface area contributed by atoms with E-state index in [9.17, 15) is 18.0 Å². The Morgan fingerprint density at radius 3 is 2.53 bits per heavy atom. The molecule has 0 radical (unpaired) electrons. The maximum Gasteiger partial charge on any atom is 0.416 e. The molecule has 4 nitrogen and oxygen atoms in total. The first-order valence-electron chi connectivity index (χ1n) is 10.2. The van der Waals surface area contributed by atoms with Crippen LogP contribution in [0.1, 0.15) is 25.3 Å². The molecule has 1 aliphatic rings. The largest absolute Gasteiger partial charge is 0.416 e. The van der Waals surface area contributed by atoms with Crippen LogP contribution in [-0.4, -0.2) is 36.5 Å². The maximum atomic E-state index is 13.4. The molecule has 0 aromatic heterocycles. The molecule has 1 heterocycles. The van der Waals surface area contributed by atoms with Crippen LogP contribution < -0.4 is 10.0 Å². The van der Waals surface area contributed by atoms with Crippen molar-refractivity contribution in [1.29, 1.82) is 0 Å². The minimum Gasteiger partial charge on any atom is -0.338 e. The number of rotatable bonds is 6. The van der Waals surface area contributed by atoms with Gasteiger partial charge in [0.1, 0.15) is 6.54 Å². The van der Waals surface area contributed by atoms with Crippen molar-refractivity contribution in [3.63, 3.8) is 0 Å². The van der Waals surface area contributed by atoms with Crippen LogP contribution in [-0.2, 0) is 11.0 Å². The van der Waals surface area contributed by atoms with Gasteiger partial charge in [-0.2, -0.15) is 13.2 Å². The SMILES string of the molecule is CC1C(CN)CCCN1C(=O)CN(Sc1ccc(Cl)cc1)c1cc(C(F)(F)F)ccc1Cl. The molecule has 0 bridgehead atoms. The van der Waals surface area contributed by atoms with Crippen molar-refractivity contribution < 1.29 is 18.0 Å². The molecule has 2 unspecified atom stereocenters. The van der Waals surface area contributed by atoms with E-state index in [1.807, 2.05) is 6.92 Å². The van der Waals surface area contributed by atoms with Crippen molar-refractivity contribution in [3.05, 3.63) is 58.1 Å². The van der Waals surface area contributed by atoms with E-state index in [1.54, 1.807) is 29.2 Å². The number of hydrogen-bond donors (Lipinski definition) is 1. The van der Waals surface area contributed by atoms with E-state index in [1.165, 1.54) is 10.4 Å². The van der Waals surface area contributed by atoms with Gasteiger partial charge in [0.05, 0.1) is 16.3 Å². The van der Waals surface area contributed by atoms with Crippen molar-refractivity contribution in [1.82, 2.24) is 4.90 Å². The number of carbonyl (C=O) groups is 1. The first-order valence-corrected chi connectivity index (χ1v) is 11.7. The topological polar surface area (TPSA) is 49.6 Å². The normalized spacial score (nSPS) is 19.2. The van der Waals surface area contributed by atoms with Crippen molar-refractivity contribution in [2.75, 3.05) is 23.9 Å². The zero-order chi connectivity index (χ0) is 23.5. The molecule has 2 aromatic rings. The highest BCUT2D eigenvalue weighted by atomic mass is 35.5. The second-order valence-electron chi connectivity index (χ2n) is 7.71. The number of nitrogens with two attached hydrogens (primary N) is 1. The summed E-state index contributed by atoms with van der Waals surface area (Å²) in [7, 11) is 0. The summed E-state index contributed by atoms with van der Waals surface area (Å²) < 4.78 is 41.6. The van der Waals surface area contributed by atoms with Crippen LogP contribution in [0.3, 0.4) is 0 Å². The third-order valence-corrected chi connectivity index (χ3v) is 7.22. The van der Waals surface area contributed by atoms with Gasteiger partial charge in [0.15, 0.2) is 0 Å². The van der Waals surface area contributed by atoms with Crippen LogP contribution in [0.25, 0.3) is 0 Å². The lowest BCUT2D eigenvalue weighted by Crippen LogP contribution is -2.51. The summed E-state index contributed by atoms with van der Waals surface area (Å²) in [6, 6.07) is 9.89. The fraction of sp³-hybridized carbons (Fsp3) is 0.409. The molecule has 10 heteroatoms. The zero-order valence-corrected chi connectivity index (χ0v) is 19.7. The van der Waals surface area contributed by atoms with Gasteiger partial charge in [-0.15, -0.1) is 0 Å². The van der Waals surface area contributed by atoms with Gasteiger partial charge in [-0.3, -0.25) is 4.79 Å². The summed E-state index contributed by atoms with van der Waals surface area (Å²) in [5, 5.41) is 0.655. The molecule has 2 N–H and O–H groups in total. The van der Waals surface area contributed by atoms with Crippen molar-refractivity contribution >= 4 is 46.7 Å². The van der Waals surface area contributed by atoms with E-state index in [0.717, 1.165) is 36.9 Å². The molecule has 3 rings (SSSR count). The van der Waals surface area contributed by atoms with Gasteiger partial charge in [-0.1, -0.05) is 23.2 Å². The van der Waals surface area contributed by atoms with Gasteiger partial charge in [-0.25, -0.2) is 0 Å². The average Bonchev–Trinajstić information content (AvgIpc) is 2.74. The second kappa shape index (κ2) is 10.5. The van der Waals surface area contributed by atoms with E-state index in [0.29, 0.717) is 23.0 Å². The number of hydrogen-bond acceptors (Lipinski definition) is 4. The highest BCUT2D eigenvalue weighted by Crippen LogP contribution is 2.39. The molecule has 1 aliphatic heterocycles. The van der Waals surface area contributed by atoms with E-state index in [-0.39, 0.29) is 35.1 Å². The summed E-state index contributed by atoms with van der Waals surface area (Å²) in [6.45, 7) is 2.89. The van der Waals surface area contributed by atoms with Crippen LogP contribution in [0.15, 0.2) is 47.4 Å². The van der Waals surface area contributed by atoms with E-state index < -0.39 is 11.7 Å². The predicted octanol–water partition coefficient (Wildman–Crippen LogP) is 6.11. The van der Waals surface area contributed by atoms with E-state index >= 15 is 0 Å². The van der Waals surface area contributed by atoms with Crippen LogP contribution in [0.5, 0.6) is 0 Å². The quantitative estimate of drug-likeness (QED) is 0.481. The van der Waals surface area contributed by atoms with Crippen molar-refractivity contribution in [3.8, 4) is 0 Å². The molecule has 2 aromatic carbocycles.